The van der Waals surface area contributed by atoms with Crippen molar-refractivity contribution in [3.05, 3.63) is 0 Å². The lowest BCUT2D eigenvalue weighted by atomic mass is 9.78. The summed E-state index contributed by atoms with van der Waals surface area (Å²) in [4.78, 5) is 49.4. The van der Waals surface area contributed by atoms with Gasteiger partial charge in [0.05, 0.1) is 24.7 Å². The van der Waals surface area contributed by atoms with Gasteiger partial charge in [-0.25, -0.2) is 0 Å². The summed E-state index contributed by atoms with van der Waals surface area (Å²) >= 11 is 0. The van der Waals surface area contributed by atoms with E-state index in [9.17, 15) is 36.4 Å². The van der Waals surface area contributed by atoms with Gasteiger partial charge in [0.15, 0.2) is 6.10 Å². The Morgan fingerprint density at radius 1 is 1.17 bits per heavy atom. The molecule has 0 amide bonds. The third-order valence-electron chi connectivity index (χ3n) is 6.97. The van der Waals surface area contributed by atoms with E-state index in [1.807, 2.05) is 6.92 Å². The molecule has 3 rings (SSSR count). The Hall–Kier alpha value is -2.35. The molecule has 0 aromatic heterocycles. The molecule has 0 aromatic carbocycles. The molecule has 0 radical (unpaired) electrons. The molecule has 2 aliphatic carbocycles. The maximum absolute atomic E-state index is 13.5. The largest absolute Gasteiger partial charge is 0.459 e. The lowest BCUT2D eigenvalue weighted by Crippen LogP contribution is -2.45. The Labute approximate surface area is 200 Å². The SMILES string of the molecule is CCC(C)(C)OC(=O)C1C2CC3C(OC(=O)C31)C2OC(=O)CCC(=O)OC(C)C(F)(F)S(=O)(=O)O. The van der Waals surface area contributed by atoms with E-state index in [1.165, 1.54) is 0 Å². The highest BCUT2D eigenvalue weighted by Crippen LogP contribution is 2.59. The third-order valence-corrected chi connectivity index (χ3v) is 7.99. The molecule has 1 saturated heterocycles. The molecule has 1 N–H and O–H groups in total. The van der Waals surface area contributed by atoms with Crippen LogP contribution in [0.25, 0.3) is 0 Å². The zero-order chi connectivity index (χ0) is 26.5. The molecule has 3 fully saturated rings. The number of fused-ring (bicyclic) bond motifs is 1. The Balaban J connectivity index is 1.59. The Morgan fingerprint density at radius 2 is 1.77 bits per heavy atom. The first kappa shape index (κ1) is 27.2. The summed E-state index contributed by atoms with van der Waals surface area (Å²) in [6, 6.07) is 0. The molecule has 11 nitrogen and oxygen atoms in total. The van der Waals surface area contributed by atoms with Crippen molar-refractivity contribution in [3.8, 4) is 0 Å². The van der Waals surface area contributed by atoms with Crippen LogP contribution in [-0.2, 0) is 48.2 Å². The summed E-state index contributed by atoms with van der Waals surface area (Å²) in [5.41, 5.74) is -0.753. The number of hydrogen-bond donors (Lipinski definition) is 1. The quantitative estimate of drug-likeness (QED) is 0.250. The lowest BCUT2D eigenvalue weighted by Gasteiger charge is -2.32. The summed E-state index contributed by atoms with van der Waals surface area (Å²) < 4.78 is 77.7. The van der Waals surface area contributed by atoms with E-state index >= 15 is 0 Å². The second kappa shape index (κ2) is 9.26. The van der Waals surface area contributed by atoms with Gasteiger partial charge in [-0.2, -0.15) is 17.2 Å². The molecule has 7 atom stereocenters. The van der Waals surface area contributed by atoms with Crippen LogP contribution in [0.15, 0.2) is 0 Å². The number of hydrogen-bond acceptors (Lipinski definition) is 10. The van der Waals surface area contributed by atoms with Crippen LogP contribution in [0.3, 0.4) is 0 Å². The monoisotopic (exact) mass is 526 g/mol. The van der Waals surface area contributed by atoms with Gasteiger partial charge in [0, 0.05) is 11.8 Å². The van der Waals surface area contributed by atoms with Gasteiger partial charge in [0.25, 0.3) is 0 Å². The second-order valence-corrected chi connectivity index (χ2v) is 11.2. The third kappa shape index (κ3) is 5.13. The van der Waals surface area contributed by atoms with Crippen LogP contribution in [0, 0.1) is 23.7 Å². The minimum absolute atomic E-state index is 0.318. The molecule has 3 aliphatic rings. The van der Waals surface area contributed by atoms with Gasteiger partial charge in [0.1, 0.15) is 17.8 Å². The minimum atomic E-state index is -5.82. The molecule has 1 aliphatic heterocycles. The van der Waals surface area contributed by atoms with Gasteiger partial charge in [-0.1, -0.05) is 6.92 Å². The molecule has 198 valence electrons. The van der Waals surface area contributed by atoms with Crippen LogP contribution >= 0.6 is 0 Å². The van der Waals surface area contributed by atoms with Gasteiger partial charge in [-0.05, 0) is 33.6 Å². The summed E-state index contributed by atoms with van der Waals surface area (Å²) in [5.74, 6) is -5.74. The molecule has 35 heavy (non-hydrogen) atoms. The smallest absolute Gasteiger partial charge is 0.405 e. The van der Waals surface area contributed by atoms with Crippen LogP contribution in [0.2, 0.25) is 0 Å². The fraction of sp³-hybridized carbons (Fsp3) is 0.810. The van der Waals surface area contributed by atoms with Crippen LogP contribution in [0.5, 0.6) is 0 Å². The molecule has 2 saturated carbocycles. The molecule has 0 aromatic rings. The summed E-state index contributed by atoms with van der Waals surface area (Å²) in [7, 11) is -5.82. The van der Waals surface area contributed by atoms with E-state index in [0.29, 0.717) is 19.8 Å². The number of halogens is 2. The van der Waals surface area contributed by atoms with Crippen molar-refractivity contribution in [2.45, 2.75) is 82.5 Å². The summed E-state index contributed by atoms with van der Waals surface area (Å²) in [6.45, 7) is 5.88. The van der Waals surface area contributed by atoms with E-state index in [4.69, 9.17) is 18.8 Å². The van der Waals surface area contributed by atoms with E-state index in [-0.39, 0.29) is 5.92 Å². The van der Waals surface area contributed by atoms with E-state index in [2.05, 4.69) is 4.74 Å². The molecule has 2 bridgehead atoms. The van der Waals surface area contributed by atoms with Gasteiger partial charge in [-0.15, -0.1) is 0 Å². The van der Waals surface area contributed by atoms with Crippen molar-refractivity contribution < 1.29 is 59.9 Å². The van der Waals surface area contributed by atoms with Crippen LogP contribution in [-0.4, -0.2) is 66.0 Å². The predicted molar refractivity (Wildman–Crippen MR) is 110 cm³/mol. The Bertz CT molecular complexity index is 1010. The minimum Gasteiger partial charge on any atom is -0.459 e. The number of carbonyl (C=O) groups is 4. The predicted octanol–water partition coefficient (Wildman–Crippen LogP) is 1.63. The molecule has 0 spiro atoms. The maximum Gasteiger partial charge on any atom is 0.405 e. The van der Waals surface area contributed by atoms with Gasteiger partial charge >= 0.3 is 39.2 Å². The number of rotatable bonds is 10. The van der Waals surface area contributed by atoms with Crippen LogP contribution in [0.4, 0.5) is 8.78 Å². The standard InChI is InChI=1S/C21H28F2O11S/c1-5-20(3,4)34-19(27)15-11-8-10-14(15)18(26)33-17(10)16(11)32-13(25)7-6-12(24)31-9(2)21(22,23)35(28,29)30/h9-11,14-17H,5-8H2,1-4H3,(H,28,29,30). The van der Waals surface area contributed by atoms with Crippen molar-refractivity contribution in [2.75, 3.05) is 0 Å². The highest BCUT2D eigenvalue weighted by Gasteiger charge is 2.70. The fourth-order valence-corrected chi connectivity index (χ4v) is 5.30. The first-order chi connectivity index (χ1) is 16.0. The van der Waals surface area contributed by atoms with E-state index in [1.54, 1.807) is 13.8 Å². The summed E-state index contributed by atoms with van der Waals surface area (Å²) in [5, 5.41) is -4.73. The average molecular weight is 527 g/mol. The fourth-order valence-electron chi connectivity index (χ4n) is 4.83. The van der Waals surface area contributed by atoms with Crippen molar-refractivity contribution in [1.82, 2.24) is 0 Å². The van der Waals surface area contributed by atoms with E-state index in [0.717, 1.165) is 0 Å². The average Bonchev–Trinajstić information content (AvgIpc) is 3.34. The molecule has 7 unspecified atom stereocenters. The van der Waals surface area contributed by atoms with Crippen LogP contribution < -0.4 is 0 Å². The van der Waals surface area contributed by atoms with Crippen molar-refractivity contribution in [2.24, 2.45) is 23.7 Å². The molecular weight excluding hydrogens is 498 g/mol. The van der Waals surface area contributed by atoms with Gasteiger partial charge < -0.3 is 18.9 Å². The topological polar surface area (TPSA) is 160 Å². The van der Waals surface area contributed by atoms with E-state index < -0.39 is 93.8 Å². The van der Waals surface area contributed by atoms with Gasteiger partial charge in [0.2, 0.25) is 0 Å². The number of alkyl halides is 2. The maximum atomic E-state index is 13.5. The number of carbonyl (C=O) groups excluding carboxylic acids is 4. The Kier molecular flexibility index (Phi) is 7.21. The van der Waals surface area contributed by atoms with Crippen molar-refractivity contribution >= 4 is 34.0 Å². The zero-order valence-electron chi connectivity index (χ0n) is 19.6. The van der Waals surface area contributed by atoms with Crippen molar-refractivity contribution in [1.29, 1.82) is 0 Å². The summed E-state index contributed by atoms with van der Waals surface area (Å²) in [6.07, 6.45) is -4.52. The number of ether oxygens (including phenoxy) is 4. The molecular formula is C21H28F2O11S. The first-order valence-corrected chi connectivity index (χ1v) is 12.6. The zero-order valence-corrected chi connectivity index (χ0v) is 20.4. The van der Waals surface area contributed by atoms with Gasteiger partial charge in [-0.3, -0.25) is 23.7 Å². The number of esters is 4. The van der Waals surface area contributed by atoms with Crippen molar-refractivity contribution in [3.63, 3.8) is 0 Å². The first-order valence-electron chi connectivity index (χ1n) is 11.2. The Morgan fingerprint density at radius 3 is 2.34 bits per heavy atom. The highest BCUT2D eigenvalue weighted by molar-refractivity contribution is 7.86. The second-order valence-electron chi connectivity index (χ2n) is 9.67. The van der Waals surface area contributed by atoms with Crippen LogP contribution in [0.1, 0.15) is 53.4 Å². The highest BCUT2D eigenvalue weighted by atomic mass is 32.2. The molecule has 1 heterocycles. The lowest BCUT2D eigenvalue weighted by molar-refractivity contribution is -0.173. The molecule has 14 heteroatoms. The normalized spacial score (nSPS) is 30.5.